The van der Waals surface area contributed by atoms with Gasteiger partial charge in [0, 0.05) is 6.04 Å². The molecule has 2 nitrogen and oxygen atoms in total. The van der Waals surface area contributed by atoms with Crippen molar-refractivity contribution in [3.8, 4) is 5.75 Å². The van der Waals surface area contributed by atoms with Crippen LogP contribution < -0.4 is 10.5 Å². The lowest BCUT2D eigenvalue weighted by atomic mass is 10.1. The highest BCUT2D eigenvalue weighted by atomic mass is 16.5. The molecule has 0 heterocycles. The Bertz CT molecular complexity index is 299. The third-order valence-corrected chi connectivity index (χ3v) is 2.85. The molecule has 0 amide bonds. The molecule has 1 aromatic rings. The van der Waals surface area contributed by atoms with Crippen LogP contribution >= 0.6 is 0 Å². The van der Waals surface area contributed by atoms with Crippen molar-refractivity contribution in [2.45, 2.75) is 45.6 Å². The molecule has 0 aliphatic rings. The first kappa shape index (κ1) is 13.0. The van der Waals surface area contributed by atoms with Crippen LogP contribution in [-0.2, 0) is 6.42 Å². The van der Waals surface area contributed by atoms with Gasteiger partial charge in [0.25, 0.3) is 0 Å². The molecule has 2 N–H and O–H groups in total. The normalized spacial score (nSPS) is 12.4. The van der Waals surface area contributed by atoms with E-state index in [-0.39, 0.29) is 0 Å². The van der Waals surface area contributed by atoms with Crippen molar-refractivity contribution in [1.29, 1.82) is 0 Å². The molecule has 0 radical (unpaired) electrons. The molecule has 0 bridgehead atoms. The molecule has 0 aromatic heterocycles. The molecule has 2 heteroatoms. The quantitative estimate of drug-likeness (QED) is 0.718. The standard InChI is InChI=1S/C14H23NO/c1-3-12-8-5-6-10-14(12)16-11-7-9-13(15)4-2/h5-6,8,10,13H,3-4,7,9,11,15H2,1-2H3. The topological polar surface area (TPSA) is 35.2 Å². The van der Waals surface area contributed by atoms with Crippen LogP contribution in [0, 0.1) is 0 Å². The van der Waals surface area contributed by atoms with Crippen LogP contribution in [0.15, 0.2) is 24.3 Å². The molecular formula is C14H23NO. The molecule has 16 heavy (non-hydrogen) atoms. The highest BCUT2D eigenvalue weighted by Gasteiger charge is 2.02. The van der Waals surface area contributed by atoms with E-state index in [1.807, 2.05) is 12.1 Å². The second kappa shape index (κ2) is 7.29. The highest BCUT2D eigenvalue weighted by Crippen LogP contribution is 2.18. The maximum absolute atomic E-state index is 5.85. The van der Waals surface area contributed by atoms with Crippen molar-refractivity contribution in [3.63, 3.8) is 0 Å². The Balaban J connectivity index is 2.31. The monoisotopic (exact) mass is 221 g/mol. The Morgan fingerprint density at radius 1 is 1.25 bits per heavy atom. The molecule has 90 valence electrons. The number of benzene rings is 1. The van der Waals surface area contributed by atoms with E-state index in [2.05, 4.69) is 26.0 Å². The Kier molecular flexibility index (Phi) is 5.94. The first-order valence-electron chi connectivity index (χ1n) is 6.24. The summed E-state index contributed by atoms with van der Waals surface area (Å²) in [5, 5.41) is 0. The van der Waals surface area contributed by atoms with Crippen LogP contribution in [-0.4, -0.2) is 12.6 Å². The van der Waals surface area contributed by atoms with Crippen LogP contribution in [0.3, 0.4) is 0 Å². The van der Waals surface area contributed by atoms with Gasteiger partial charge in [-0.3, -0.25) is 0 Å². The van der Waals surface area contributed by atoms with E-state index >= 15 is 0 Å². The fourth-order valence-corrected chi connectivity index (χ4v) is 1.67. The second-order valence-electron chi connectivity index (χ2n) is 4.12. The van der Waals surface area contributed by atoms with Crippen LogP contribution in [0.4, 0.5) is 0 Å². The summed E-state index contributed by atoms with van der Waals surface area (Å²) in [5.74, 6) is 1.02. The summed E-state index contributed by atoms with van der Waals surface area (Å²) in [6.07, 6.45) is 4.15. The molecule has 0 spiro atoms. The van der Waals surface area contributed by atoms with Gasteiger partial charge in [-0.1, -0.05) is 32.0 Å². The van der Waals surface area contributed by atoms with Gasteiger partial charge in [-0.15, -0.1) is 0 Å². The molecular weight excluding hydrogens is 198 g/mol. The van der Waals surface area contributed by atoms with E-state index in [0.717, 1.165) is 38.0 Å². The average molecular weight is 221 g/mol. The van der Waals surface area contributed by atoms with Crippen molar-refractivity contribution in [3.05, 3.63) is 29.8 Å². The maximum atomic E-state index is 5.85. The third-order valence-electron chi connectivity index (χ3n) is 2.85. The van der Waals surface area contributed by atoms with Crippen LogP contribution in [0.2, 0.25) is 0 Å². The van der Waals surface area contributed by atoms with Crippen molar-refractivity contribution < 1.29 is 4.74 Å². The average Bonchev–Trinajstić information content (AvgIpc) is 2.34. The lowest BCUT2D eigenvalue weighted by molar-refractivity contribution is 0.298. The van der Waals surface area contributed by atoms with Crippen LogP contribution in [0.25, 0.3) is 0 Å². The predicted molar refractivity (Wildman–Crippen MR) is 68.8 cm³/mol. The van der Waals surface area contributed by atoms with Crippen LogP contribution in [0.1, 0.15) is 38.7 Å². The molecule has 1 rings (SSSR count). The first-order valence-corrected chi connectivity index (χ1v) is 6.24. The Labute approximate surface area is 98.8 Å². The zero-order valence-electron chi connectivity index (χ0n) is 10.4. The minimum atomic E-state index is 0.324. The highest BCUT2D eigenvalue weighted by molar-refractivity contribution is 5.33. The number of rotatable bonds is 7. The summed E-state index contributed by atoms with van der Waals surface area (Å²) in [5.41, 5.74) is 7.13. The molecule has 0 saturated carbocycles. The third kappa shape index (κ3) is 4.23. The van der Waals surface area contributed by atoms with E-state index in [0.29, 0.717) is 6.04 Å². The minimum absolute atomic E-state index is 0.324. The number of hydrogen-bond acceptors (Lipinski definition) is 2. The summed E-state index contributed by atoms with van der Waals surface area (Å²) in [4.78, 5) is 0. The molecule has 1 aromatic carbocycles. The Hall–Kier alpha value is -1.02. The van der Waals surface area contributed by atoms with Crippen LogP contribution in [0.5, 0.6) is 5.75 Å². The van der Waals surface area contributed by atoms with Gasteiger partial charge in [0.15, 0.2) is 0 Å². The fraction of sp³-hybridized carbons (Fsp3) is 0.571. The molecule has 1 atom stereocenters. The summed E-state index contributed by atoms with van der Waals surface area (Å²) in [6.45, 7) is 5.04. The Morgan fingerprint density at radius 2 is 2.00 bits per heavy atom. The van der Waals surface area contributed by atoms with E-state index in [9.17, 15) is 0 Å². The first-order chi connectivity index (χ1) is 7.77. The largest absolute Gasteiger partial charge is 0.493 e. The van der Waals surface area contributed by atoms with Gasteiger partial charge in [0.05, 0.1) is 6.61 Å². The van der Waals surface area contributed by atoms with Crippen molar-refractivity contribution in [1.82, 2.24) is 0 Å². The Morgan fingerprint density at radius 3 is 2.69 bits per heavy atom. The van der Waals surface area contributed by atoms with Crippen molar-refractivity contribution in [2.24, 2.45) is 5.73 Å². The lowest BCUT2D eigenvalue weighted by Crippen LogP contribution is -2.19. The number of nitrogens with two attached hydrogens (primary N) is 1. The van der Waals surface area contributed by atoms with Gasteiger partial charge in [0.2, 0.25) is 0 Å². The number of para-hydroxylation sites is 1. The summed E-state index contributed by atoms with van der Waals surface area (Å²) >= 11 is 0. The number of hydrogen-bond donors (Lipinski definition) is 1. The second-order valence-corrected chi connectivity index (χ2v) is 4.12. The number of aryl methyl sites for hydroxylation is 1. The smallest absolute Gasteiger partial charge is 0.122 e. The van der Waals surface area contributed by atoms with E-state index in [1.165, 1.54) is 5.56 Å². The minimum Gasteiger partial charge on any atom is -0.493 e. The lowest BCUT2D eigenvalue weighted by Gasteiger charge is -2.11. The zero-order chi connectivity index (χ0) is 11.8. The molecule has 0 aliphatic carbocycles. The number of ether oxygens (including phenoxy) is 1. The fourth-order valence-electron chi connectivity index (χ4n) is 1.67. The molecule has 0 aliphatic heterocycles. The summed E-state index contributed by atoms with van der Waals surface area (Å²) in [6, 6.07) is 8.56. The van der Waals surface area contributed by atoms with E-state index in [1.54, 1.807) is 0 Å². The maximum Gasteiger partial charge on any atom is 0.122 e. The SMILES string of the molecule is CCc1ccccc1OCCCC(N)CC. The molecule has 0 saturated heterocycles. The van der Waals surface area contributed by atoms with Gasteiger partial charge in [-0.2, -0.15) is 0 Å². The van der Waals surface area contributed by atoms with Crippen molar-refractivity contribution in [2.75, 3.05) is 6.61 Å². The summed E-state index contributed by atoms with van der Waals surface area (Å²) < 4.78 is 5.77. The van der Waals surface area contributed by atoms with Gasteiger partial charge in [-0.25, -0.2) is 0 Å². The predicted octanol–water partition coefficient (Wildman–Crippen LogP) is 3.15. The molecule has 0 fully saturated rings. The summed E-state index contributed by atoms with van der Waals surface area (Å²) in [7, 11) is 0. The zero-order valence-corrected chi connectivity index (χ0v) is 10.4. The van der Waals surface area contributed by atoms with Gasteiger partial charge < -0.3 is 10.5 Å². The van der Waals surface area contributed by atoms with E-state index in [4.69, 9.17) is 10.5 Å². The van der Waals surface area contributed by atoms with Gasteiger partial charge >= 0.3 is 0 Å². The van der Waals surface area contributed by atoms with Gasteiger partial charge in [-0.05, 0) is 37.3 Å². The van der Waals surface area contributed by atoms with Crippen molar-refractivity contribution >= 4 is 0 Å². The van der Waals surface area contributed by atoms with E-state index < -0.39 is 0 Å². The van der Waals surface area contributed by atoms with Gasteiger partial charge in [0.1, 0.15) is 5.75 Å². The molecule has 1 unspecified atom stereocenters.